The Kier molecular flexibility index (Phi) is 6.09. The van der Waals surface area contributed by atoms with Crippen molar-refractivity contribution in [3.63, 3.8) is 0 Å². The van der Waals surface area contributed by atoms with Gasteiger partial charge in [-0.1, -0.05) is 18.2 Å². The average molecular weight is 512 g/mol. The van der Waals surface area contributed by atoms with E-state index in [9.17, 15) is 39.6 Å². The molecule has 12 heteroatoms. The standard InChI is InChI=1S/C23H14F6N2O3S/c24-18-9-14(10-19(25)22(18)26)31-35(33,34)15-4-1-12(2-5-15)7-13-3-6-20-16(8-13)17(23(27,28)29)11-21(32)30-20/h1-6,8-11,31H,7H2,(H,30,32). The van der Waals surface area contributed by atoms with Gasteiger partial charge in [0.25, 0.3) is 10.0 Å². The normalized spacial score (nSPS) is 12.2. The van der Waals surface area contributed by atoms with Gasteiger partial charge in [0, 0.05) is 29.1 Å². The quantitative estimate of drug-likeness (QED) is 0.279. The number of alkyl halides is 3. The molecule has 182 valence electrons. The molecule has 0 amide bonds. The minimum absolute atomic E-state index is 0.0229. The van der Waals surface area contributed by atoms with Crippen molar-refractivity contribution >= 4 is 26.6 Å². The number of halogens is 6. The van der Waals surface area contributed by atoms with Crippen LogP contribution >= 0.6 is 0 Å². The third-order valence-electron chi connectivity index (χ3n) is 5.09. The van der Waals surface area contributed by atoms with Gasteiger partial charge in [0.05, 0.1) is 16.1 Å². The lowest BCUT2D eigenvalue weighted by molar-refractivity contribution is -0.136. The number of nitrogens with one attached hydrogen (secondary N) is 2. The maximum atomic E-state index is 13.4. The van der Waals surface area contributed by atoms with Crippen LogP contribution in [0.15, 0.2) is 70.4 Å². The van der Waals surface area contributed by atoms with Crippen molar-refractivity contribution < 1.29 is 34.8 Å². The Bertz CT molecular complexity index is 1570. The number of anilines is 1. The predicted octanol–water partition coefficient (Wildman–Crippen LogP) is 5.36. The van der Waals surface area contributed by atoms with E-state index in [4.69, 9.17) is 0 Å². The van der Waals surface area contributed by atoms with Crippen molar-refractivity contribution in [1.82, 2.24) is 4.98 Å². The number of rotatable bonds is 5. The number of hydrogen-bond acceptors (Lipinski definition) is 3. The molecule has 35 heavy (non-hydrogen) atoms. The fourth-order valence-corrected chi connectivity index (χ4v) is 4.54. The number of fused-ring (bicyclic) bond motifs is 1. The SMILES string of the molecule is O=c1cc(C(F)(F)F)c2cc(Cc3ccc(S(=O)(=O)Nc4cc(F)c(F)c(F)c4)cc3)ccc2[nH]1. The average Bonchev–Trinajstić information content (AvgIpc) is 2.76. The van der Waals surface area contributed by atoms with Gasteiger partial charge in [0.1, 0.15) is 0 Å². The molecule has 4 rings (SSSR count). The highest BCUT2D eigenvalue weighted by molar-refractivity contribution is 7.92. The summed E-state index contributed by atoms with van der Waals surface area (Å²) < 4.78 is 107. The van der Waals surface area contributed by atoms with Crippen molar-refractivity contribution in [1.29, 1.82) is 0 Å². The highest BCUT2D eigenvalue weighted by Crippen LogP contribution is 2.34. The molecule has 0 spiro atoms. The molecule has 4 aromatic rings. The van der Waals surface area contributed by atoms with Crippen LogP contribution in [0, 0.1) is 17.5 Å². The largest absolute Gasteiger partial charge is 0.417 e. The molecule has 0 unspecified atom stereocenters. The van der Waals surface area contributed by atoms with Gasteiger partial charge in [-0.25, -0.2) is 21.6 Å². The second-order valence-corrected chi connectivity index (χ2v) is 9.29. The van der Waals surface area contributed by atoms with Crippen LogP contribution in [0.4, 0.5) is 32.0 Å². The Balaban J connectivity index is 1.58. The molecule has 0 radical (unpaired) electrons. The van der Waals surface area contributed by atoms with Gasteiger partial charge in [0.2, 0.25) is 5.56 Å². The van der Waals surface area contributed by atoms with Gasteiger partial charge in [-0.2, -0.15) is 13.2 Å². The number of hydrogen-bond donors (Lipinski definition) is 2. The summed E-state index contributed by atoms with van der Waals surface area (Å²) in [7, 11) is -4.27. The van der Waals surface area contributed by atoms with Crippen LogP contribution in [0.3, 0.4) is 0 Å². The Morgan fingerprint density at radius 1 is 0.829 bits per heavy atom. The third-order valence-corrected chi connectivity index (χ3v) is 6.49. The number of aromatic nitrogens is 1. The van der Waals surface area contributed by atoms with Crippen LogP contribution in [-0.4, -0.2) is 13.4 Å². The first-order valence-electron chi connectivity index (χ1n) is 9.83. The summed E-state index contributed by atoms with van der Waals surface area (Å²) in [6.07, 6.45) is -4.58. The van der Waals surface area contributed by atoms with Crippen molar-refractivity contribution in [2.75, 3.05) is 4.72 Å². The molecule has 0 bridgehead atoms. The minimum atomic E-state index is -4.73. The summed E-state index contributed by atoms with van der Waals surface area (Å²) in [5.41, 5.74) is -1.41. The molecule has 0 aliphatic rings. The molecular weight excluding hydrogens is 498 g/mol. The zero-order valence-electron chi connectivity index (χ0n) is 17.4. The Labute approximate surface area is 194 Å². The first-order valence-corrected chi connectivity index (χ1v) is 11.3. The molecule has 0 atom stereocenters. The summed E-state index contributed by atoms with van der Waals surface area (Å²) in [5, 5.41) is -0.184. The van der Waals surface area contributed by atoms with Gasteiger partial charge in [-0.05, 0) is 41.8 Å². The number of benzene rings is 3. The van der Waals surface area contributed by atoms with Crippen molar-refractivity contribution in [3.8, 4) is 0 Å². The van der Waals surface area contributed by atoms with Crippen molar-refractivity contribution in [3.05, 3.63) is 105 Å². The summed E-state index contributed by atoms with van der Waals surface area (Å²) >= 11 is 0. The molecular formula is C23H14F6N2O3S. The number of H-pyrrole nitrogens is 1. The topological polar surface area (TPSA) is 79.0 Å². The van der Waals surface area contributed by atoms with Gasteiger partial charge >= 0.3 is 6.18 Å². The van der Waals surface area contributed by atoms with E-state index >= 15 is 0 Å². The molecule has 5 nitrogen and oxygen atoms in total. The lowest BCUT2D eigenvalue weighted by atomic mass is 10.0. The molecule has 3 aromatic carbocycles. The lowest BCUT2D eigenvalue weighted by Gasteiger charge is -2.12. The van der Waals surface area contributed by atoms with Crippen LogP contribution in [0.5, 0.6) is 0 Å². The highest BCUT2D eigenvalue weighted by Gasteiger charge is 2.33. The van der Waals surface area contributed by atoms with Crippen LogP contribution in [-0.2, 0) is 22.6 Å². The first-order chi connectivity index (χ1) is 16.3. The molecule has 0 saturated carbocycles. The van der Waals surface area contributed by atoms with E-state index in [2.05, 4.69) is 4.98 Å². The molecule has 1 heterocycles. The molecule has 1 aromatic heterocycles. The van der Waals surface area contributed by atoms with E-state index in [1.54, 1.807) is 0 Å². The fraction of sp³-hybridized carbons (Fsp3) is 0.0870. The Hall–Kier alpha value is -3.80. The van der Waals surface area contributed by atoms with Crippen LogP contribution in [0.1, 0.15) is 16.7 Å². The molecule has 0 saturated heterocycles. The number of sulfonamides is 1. The molecule has 0 aliphatic heterocycles. The fourth-order valence-electron chi connectivity index (χ4n) is 3.50. The predicted molar refractivity (Wildman–Crippen MR) is 116 cm³/mol. The van der Waals surface area contributed by atoms with Gasteiger partial charge in [-0.3, -0.25) is 9.52 Å². The van der Waals surface area contributed by atoms with Gasteiger partial charge in [0.15, 0.2) is 17.5 Å². The zero-order valence-corrected chi connectivity index (χ0v) is 18.2. The summed E-state index contributed by atoms with van der Waals surface area (Å²) in [5.74, 6) is -4.86. The number of pyridine rings is 1. The first kappa shape index (κ1) is 24.3. The summed E-state index contributed by atoms with van der Waals surface area (Å²) in [4.78, 5) is 13.6. The third kappa shape index (κ3) is 5.16. The van der Waals surface area contributed by atoms with E-state index in [1.807, 2.05) is 4.72 Å². The summed E-state index contributed by atoms with van der Waals surface area (Å²) in [6.45, 7) is 0. The van der Waals surface area contributed by atoms with Crippen LogP contribution < -0.4 is 10.3 Å². The molecule has 0 aliphatic carbocycles. The highest BCUT2D eigenvalue weighted by atomic mass is 32.2. The van der Waals surface area contributed by atoms with Gasteiger partial charge < -0.3 is 4.98 Å². The van der Waals surface area contributed by atoms with Crippen molar-refractivity contribution in [2.24, 2.45) is 0 Å². The van der Waals surface area contributed by atoms with Crippen molar-refractivity contribution in [2.45, 2.75) is 17.5 Å². The van der Waals surface area contributed by atoms with E-state index in [-0.39, 0.29) is 22.2 Å². The van der Waals surface area contributed by atoms with E-state index in [0.29, 0.717) is 29.3 Å². The maximum absolute atomic E-state index is 13.4. The van der Waals surface area contributed by atoms with Crippen LogP contribution in [0.2, 0.25) is 0 Å². The molecule has 0 fully saturated rings. The maximum Gasteiger partial charge on any atom is 0.417 e. The monoisotopic (exact) mass is 512 g/mol. The van der Waals surface area contributed by atoms with Gasteiger partial charge in [-0.15, -0.1) is 0 Å². The second-order valence-electron chi connectivity index (χ2n) is 7.61. The Morgan fingerprint density at radius 3 is 2.03 bits per heavy atom. The number of aromatic amines is 1. The molecule has 2 N–H and O–H groups in total. The lowest BCUT2D eigenvalue weighted by Crippen LogP contribution is -2.14. The van der Waals surface area contributed by atoms with E-state index < -0.39 is 50.5 Å². The zero-order chi connectivity index (χ0) is 25.5. The van der Waals surface area contributed by atoms with E-state index in [1.165, 1.54) is 42.5 Å². The Morgan fingerprint density at radius 2 is 1.43 bits per heavy atom. The smallest absolute Gasteiger partial charge is 0.322 e. The second kappa shape index (κ2) is 8.77. The van der Waals surface area contributed by atoms with Crippen LogP contribution in [0.25, 0.3) is 10.9 Å². The van der Waals surface area contributed by atoms with E-state index in [0.717, 1.165) is 0 Å². The minimum Gasteiger partial charge on any atom is -0.322 e. The summed E-state index contributed by atoms with van der Waals surface area (Å²) in [6, 6.07) is 10.9.